The summed E-state index contributed by atoms with van der Waals surface area (Å²) in [5.74, 6) is -0.140. The van der Waals surface area contributed by atoms with Crippen molar-refractivity contribution >= 4 is 33.4 Å². The van der Waals surface area contributed by atoms with Gasteiger partial charge in [-0.3, -0.25) is 4.79 Å². The number of thioether (sulfide) groups is 1. The number of sulfonamides is 1. The van der Waals surface area contributed by atoms with Crippen LogP contribution in [0.4, 0.5) is 5.69 Å². The minimum absolute atomic E-state index is 0.140. The largest absolute Gasteiger partial charge is 0.379 e. The van der Waals surface area contributed by atoms with Crippen LogP contribution in [0.3, 0.4) is 0 Å². The lowest BCUT2D eigenvalue weighted by Gasteiger charge is -2.26. The Balaban J connectivity index is 1.34. The molecule has 1 N–H and O–H groups in total. The number of aromatic nitrogens is 4. The summed E-state index contributed by atoms with van der Waals surface area (Å²) in [6.07, 6.45) is 2.65. The molecule has 0 bridgehead atoms. The molecule has 0 atom stereocenters. The molecule has 1 aliphatic rings. The van der Waals surface area contributed by atoms with E-state index in [-0.39, 0.29) is 17.2 Å². The Bertz CT molecular complexity index is 1210. The lowest BCUT2D eigenvalue weighted by molar-refractivity contribution is -0.116. The summed E-state index contributed by atoms with van der Waals surface area (Å²) in [4.78, 5) is 12.7. The Hall–Kier alpha value is -2.80. The first-order chi connectivity index (χ1) is 16.0. The Kier molecular flexibility index (Phi) is 7.38. The van der Waals surface area contributed by atoms with Gasteiger partial charge in [0.25, 0.3) is 0 Å². The number of hydrogen-bond acceptors (Lipinski definition) is 8. The van der Waals surface area contributed by atoms with Gasteiger partial charge in [-0.05, 0) is 59.0 Å². The van der Waals surface area contributed by atoms with Gasteiger partial charge in [-0.2, -0.15) is 8.99 Å². The lowest BCUT2D eigenvalue weighted by Crippen LogP contribution is -2.40. The maximum absolute atomic E-state index is 12.7. The number of hydrogen-bond donors (Lipinski definition) is 1. The minimum Gasteiger partial charge on any atom is -0.379 e. The Morgan fingerprint density at radius 3 is 2.64 bits per heavy atom. The number of carbonyl (C=O) groups is 1. The highest BCUT2D eigenvalue weighted by molar-refractivity contribution is 7.98. The van der Waals surface area contributed by atoms with Crippen LogP contribution in [0.2, 0.25) is 0 Å². The number of carbonyl (C=O) groups excluding carboxylic acids is 1. The Labute approximate surface area is 196 Å². The number of ether oxygens (including phenoxy) is 1. The van der Waals surface area contributed by atoms with Crippen molar-refractivity contribution in [3.63, 3.8) is 0 Å². The molecular weight excluding hydrogens is 464 g/mol. The van der Waals surface area contributed by atoms with E-state index in [4.69, 9.17) is 4.74 Å². The van der Waals surface area contributed by atoms with Crippen molar-refractivity contribution in [3.05, 3.63) is 54.1 Å². The van der Waals surface area contributed by atoms with E-state index < -0.39 is 10.0 Å². The first-order valence-corrected chi connectivity index (χ1v) is 13.0. The summed E-state index contributed by atoms with van der Waals surface area (Å²) in [5, 5.41) is 15.1. The molecule has 0 saturated carbocycles. The predicted molar refractivity (Wildman–Crippen MR) is 124 cm³/mol. The molecule has 1 amide bonds. The standard InChI is InChI=1S/C21H24N6O4S2/c1-32-21-23-24-25-27(21)18-4-2-3-17(15-18)22-20(28)10-7-16-5-8-19(9-6-16)33(29,30)26-11-13-31-14-12-26/h2-6,8-9,15H,7,10-14H2,1H3,(H,22,28). The van der Waals surface area contributed by atoms with E-state index >= 15 is 0 Å². The van der Waals surface area contributed by atoms with E-state index in [1.165, 1.54) is 16.1 Å². The van der Waals surface area contributed by atoms with Crippen LogP contribution in [0.5, 0.6) is 0 Å². The number of rotatable bonds is 8. The molecule has 0 radical (unpaired) electrons. The topological polar surface area (TPSA) is 119 Å². The van der Waals surface area contributed by atoms with Gasteiger partial charge >= 0.3 is 0 Å². The van der Waals surface area contributed by atoms with Crippen LogP contribution < -0.4 is 5.32 Å². The zero-order valence-corrected chi connectivity index (χ0v) is 19.7. The van der Waals surface area contributed by atoms with Crippen LogP contribution in [0.15, 0.2) is 58.6 Å². The second-order valence-electron chi connectivity index (χ2n) is 7.34. The molecule has 1 aromatic heterocycles. The molecule has 33 heavy (non-hydrogen) atoms. The second kappa shape index (κ2) is 10.4. The number of tetrazole rings is 1. The molecule has 174 valence electrons. The summed E-state index contributed by atoms with van der Waals surface area (Å²) in [5.41, 5.74) is 2.28. The van der Waals surface area contributed by atoms with E-state index in [0.717, 1.165) is 11.3 Å². The van der Waals surface area contributed by atoms with Crippen molar-refractivity contribution in [2.75, 3.05) is 37.9 Å². The predicted octanol–water partition coefficient (Wildman–Crippen LogP) is 1.98. The van der Waals surface area contributed by atoms with E-state index in [9.17, 15) is 13.2 Å². The molecule has 2 aromatic carbocycles. The zero-order valence-electron chi connectivity index (χ0n) is 18.0. The van der Waals surface area contributed by atoms with Gasteiger partial charge in [0.15, 0.2) is 0 Å². The monoisotopic (exact) mass is 488 g/mol. The number of nitrogens with one attached hydrogen (secondary N) is 1. The third-order valence-electron chi connectivity index (χ3n) is 5.17. The second-order valence-corrected chi connectivity index (χ2v) is 10.0. The number of anilines is 1. The molecule has 2 heterocycles. The third kappa shape index (κ3) is 5.58. The third-order valence-corrected chi connectivity index (χ3v) is 7.70. The fraction of sp³-hybridized carbons (Fsp3) is 0.333. The molecule has 1 aliphatic heterocycles. The normalized spacial score (nSPS) is 14.8. The van der Waals surface area contributed by atoms with Crippen LogP contribution in [-0.2, 0) is 26.0 Å². The number of amides is 1. The quantitative estimate of drug-likeness (QED) is 0.478. The van der Waals surface area contributed by atoms with Crippen molar-refractivity contribution in [2.24, 2.45) is 0 Å². The van der Waals surface area contributed by atoms with E-state index in [0.29, 0.717) is 43.6 Å². The highest BCUT2D eigenvalue weighted by Crippen LogP contribution is 2.20. The van der Waals surface area contributed by atoms with Gasteiger partial charge in [0.2, 0.25) is 21.1 Å². The van der Waals surface area contributed by atoms with Crippen molar-refractivity contribution < 1.29 is 17.9 Å². The van der Waals surface area contributed by atoms with Gasteiger partial charge in [0.1, 0.15) is 0 Å². The van der Waals surface area contributed by atoms with Crippen LogP contribution in [0.25, 0.3) is 5.69 Å². The summed E-state index contributed by atoms with van der Waals surface area (Å²) >= 11 is 1.43. The van der Waals surface area contributed by atoms with E-state index in [2.05, 4.69) is 20.8 Å². The van der Waals surface area contributed by atoms with Gasteiger partial charge in [-0.15, -0.1) is 5.10 Å². The summed E-state index contributed by atoms with van der Waals surface area (Å²) in [6.45, 7) is 1.53. The maximum Gasteiger partial charge on any atom is 0.243 e. The van der Waals surface area contributed by atoms with Gasteiger partial charge in [0, 0.05) is 25.2 Å². The average molecular weight is 489 g/mol. The van der Waals surface area contributed by atoms with Crippen molar-refractivity contribution in [2.45, 2.75) is 22.9 Å². The SMILES string of the molecule is CSc1nnnn1-c1cccc(NC(=O)CCc2ccc(S(=O)(=O)N3CCOCC3)cc2)c1. The fourth-order valence-corrected chi connectivity index (χ4v) is 5.27. The van der Waals surface area contributed by atoms with Crippen molar-refractivity contribution in [1.82, 2.24) is 24.5 Å². The number of benzene rings is 2. The minimum atomic E-state index is -3.52. The smallest absolute Gasteiger partial charge is 0.243 e. The summed E-state index contributed by atoms with van der Waals surface area (Å²) in [6, 6.07) is 14.0. The molecular formula is C21H24N6O4S2. The number of morpholine rings is 1. The highest BCUT2D eigenvalue weighted by Gasteiger charge is 2.26. The zero-order chi connectivity index (χ0) is 23.3. The summed E-state index contributed by atoms with van der Waals surface area (Å²) < 4.78 is 33.7. The van der Waals surface area contributed by atoms with Crippen LogP contribution in [0, 0.1) is 0 Å². The van der Waals surface area contributed by atoms with E-state index in [1.54, 1.807) is 41.1 Å². The molecule has 0 unspecified atom stereocenters. The van der Waals surface area contributed by atoms with Gasteiger partial charge in [-0.1, -0.05) is 30.0 Å². The Morgan fingerprint density at radius 2 is 1.91 bits per heavy atom. The first-order valence-electron chi connectivity index (χ1n) is 10.4. The number of aryl methyl sites for hydroxylation is 1. The van der Waals surface area contributed by atoms with Gasteiger partial charge < -0.3 is 10.1 Å². The molecule has 0 spiro atoms. The van der Waals surface area contributed by atoms with Crippen LogP contribution in [0.1, 0.15) is 12.0 Å². The first kappa shape index (κ1) is 23.4. The van der Waals surface area contributed by atoms with Gasteiger partial charge in [-0.25, -0.2) is 8.42 Å². The molecule has 0 aliphatic carbocycles. The van der Waals surface area contributed by atoms with Crippen molar-refractivity contribution in [3.8, 4) is 5.69 Å². The highest BCUT2D eigenvalue weighted by atomic mass is 32.2. The maximum atomic E-state index is 12.7. The molecule has 4 rings (SSSR count). The Morgan fingerprint density at radius 1 is 1.15 bits per heavy atom. The van der Waals surface area contributed by atoms with E-state index in [1.807, 2.05) is 18.4 Å². The molecule has 3 aromatic rings. The lowest BCUT2D eigenvalue weighted by atomic mass is 10.1. The average Bonchev–Trinajstić information content (AvgIpc) is 3.33. The van der Waals surface area contributed by atoms with Crippen molar-refractivity contribution in [1.29, 1.82) is 0 Å². The molecule has 1 fully saturated rings. The molecule has 10 nitrogen and oxygen atoms in total. The van der Waals surface area contributed by atoms with Crippen LogP contribution >= 0.6 is 11.8 Å². The van der Waals surface area contributed by atoms with Crippen LogP contribution in [-0.4, -0.2) is 71.4 Å². The molecule has 1 saturated heterocycles. The fourth-order valence-electron chi connectivity index (χ4n) is 3.43. The number of nitrogens with zero attached hydrogens (tertiary/aromatic N) is 5. The van der Waals surface area contributed by atoms with Gasteiger partial charge in [0.05, 0.1) is 23.8 Å². The molecule has 12 heteroatoms. The summed E-state index contributed by atoms with van der Waals surface area (Å²) in [7, 11) is -3.52.